The highest BCUT2D eigenvalue weighted by Gasteiger charge is 2.63. The molecule has 1 aromatic rings. The van der Waals surface area contributed by atoms with Crippen LogP contribution in [0.25, 0.3) is 0 Å². The van der Waals surface area contributed by atoms with Gasteiger partial charge in [-0.25, -0.2) is 0 Å². The third kappa shape index (κ3) is 2.86. The van der Waals surface area contributed by atoms with Crippen LogP contribution in [0.2, 0.25) is 0 Å². The van der Waals surface area contributed by atoms with Gasteiger partial charge in [0, 0.05) is 6.04 Å². The van der Waals surface area contributed by atoms with Crippen LogP contribution in [0.15, 0.2) is 30.3 Å². The van der Waals surface area contributed by atoms with Crippen molar-refractivity contribution in [2.24, 2.45) is 16.7 Å². The Hall–Kier alpha value is -0.820. The van der Waals surface area contributed by atoms with Crippen molar-refractivity contribution < 1.29 is 0 Å². The monoisotopic (exact) mass is 259 g/mol. The zero-order valence-corrected chi connectivity index (χ0v) is 13.2. The molecule has 1 aliphatic carbocycles. The third-order valence-electron chi connectivity index (χ3n) is 5.75. The van der Waals surface area contributed by atoms with Crippen LogP contribution in [0, 0.1) is 16.7 Å². The molecule has 0 aliphatic heterocycles. The normalized spacial score (nSPS) is 22.2. The zero-order chi connectivity index (χ0) is 14.1. The molecule has 1 saturated carbocycles. The molecule has 1 aromatic carbocycles. The molecule has 106 valence electrons. The lowest BCUT2D eigenvalue weighted by Gasteiger charge is -2.18. The maximum Gasteiger partial charge on any atom is 0.0105 e. The fourth-order valence-corrected chi connectivity index (χ4v) is 3.39. The summed E-state index contributed by atoms with van der Waals surface area (Å²) in [5.41, 5.74) is 2.42. The summed E-state index contributed by atoms with van der Waals surface area (Å²) < 4.78 is 0. The smallest absolute Gasteiger partial charge is 0.0105 e. The van der Waals surface area contributed by atoms with Crippen molar-refractivity contribution in [1.82, 2.24) is 5.32 Å². The first-order valence-corrected chi connectivity index (χ1v) is 7.67. The zero-order valence-electron chi connectivity index (χ0n) is 13.2. The molecule has 1 atom stereocenters. The fourth-order valence-electron chi connectivity index (χ4n) is 3.39. The number of hydrogen-bond acceptors (Lipinski definition) is 1. The van der Waals surface area contributed by atoms with E-state index >= 15 is 0 Å². The molecule has 0 aromatic heterocycles. The summed E-state index contributed by atoms with van der Waals surface area (Å²) in [7, 11) is 0. The third-order valence-corrected chi connectivity index (χ3v) is 5.75. The van der Waals surface area contributed by atoms with E-state index in [1.165, 1.54) is 12.0 Å². The van der Waals surface area contributed by atoms with Gasteiger partial charge in [-0.05, 0) is 41.7 Å². The SMILES string of the molecule is CCC(Cc1ccccc1)NCC1C(C)(C)C1(C)C. The molecule has 1 unspecified atom stereocenters. The lowest BCUT2D eigenvalue weighted by molar-refractivity contribution is 0.447. The first kappa shape index (κ1) is 14.6. The highest BCUT2D eigenvalue weighted by Crippen LogP contribution is 2.67. The summed E-state index contributed by atoms with van der Waals surface area (Å²) in [6, 6.07) is 11.4. The van der Waals surface area contributed by atoms with Crippen molar-refractivity contribution in [2.75, 3.05) is 6.54 Å². The molecule has 0 saturated heterocycles. The van der Waals surface area contributed by atoms with Crippen molar-refractivity contribution in [2.45, 2.75) is 53.5 Å². The van der Waals surface area contributed by atoms with Gasteiger partial charge in [0.15, 0.2) is 0 Å². The van der Waals surface area contributed by atoms with Crippen molar-refractivity contribution in [1.29, 1.82) is 0 Å². The average Bonchev–Trinajstić information content (AvgIpc) is 2.77. The second kappa shape index (κ2) is 5.28. The van der Waals surface area contributed by atoms with Gasteiger partial charge in [-0.15, -0.1) is 0 Å². The van der Waals surface area contributed by atoms with Crippen LogP contribution in [0.4, 0.5) is 0 Å². The minimum atomic E-state index is 0.491. The molecule has 0 radical (unpaired) electrons. The van der Waals surface area contributed by atoms with Crippen molar-refractivity contribution in [3.05, 3.63) is 35.9 Å². The van der Waals surface area contributed by atoms with Gasteiger partial charge >= 0.3 is 0 Å². The van der Waals surface area contributed by atoms with E-state index in [0.717, 1.165) is 18.9 Å². The van der Waals surface area contributed by atoms with E-state index in [4.69, 9.17) is 0 Å². The summed E-state index contributed by atoms with van der Waals surface area (Å²) in [6.07, 6.45) is 2.34. The molecule has 0 heterocycles. The maximum absolute atomic E-state index is 3.79. The van der Waals surface area contributed by atoms with Gasteiger partial charge in [0.2, 0.25) is 0 Å². The maximum atomic E-state index is 3.79. The lowest BCUT2D eigenvalue weighted by Crippen LogP contribution is -2.33. The summed E-state index contributed by atoms with van der Waals surface area (Å²) in [6.45, 7) is 13.0. The van der Waals surface area contributed by atoms with Crippen LogP contribution in [-0.2, 0) is 6.42 Å². The van der Waals surface area contributed by atoms with Crippen molar-refractivity contribution in [3.8, 4) is 0 Å². The van der Waals surface area contributed by atoms with Gasteiger partial charge in [0.05, 0.1) is 0 Å². The Bertz CT molecular complexity index is 391. The van der Waals surface area contributed by atoms with Gasteiger partial charge in [-0.2, -0.15) is 0 Å². The molecule has 1 heteroatoms. The van der Waals surface area contributed by atoms with E-state index in [1.807, 2.05) is 0 Å². The van der Waals surface area contributed by atoms with E-state index in [9.17, 15) is 0 Å². The van der Waals surface area contributed by atoms with Crippen LogP contribution in [-0.4, -0.2) is 12.6 Å². The Labute approximate surface area is 118 Å². The predicted molar refractivity (Wildman–Crippen MR) is 83.3 cm³/mol. The van der Waals surface area contributed by atoms with Gasteiger partial charge in [0.1, 0.15) is 0 Å². The largest absolute Gasteiger partial charge is 0.313 e. The van der Waals surface area contributed by atoms with Crippen molar-refractivity contribution >= 4 is 0 Å². The highest BCUT2D eigenvalue weighted by molar-refractivity contribution is 5.16. The van der Waals surface area contributed by atoms with Crippen LogP contribution in [0.3, 0.4) is 0 Å². The van der Waals surface area contributed by atoms with E-state index < -0.39 is 0 Å². The lowest BCUT2D eigenvalue weighted by atomic mass is 10.0. The Morgan fingerprint density at radius 3 is 2.11 bits per heavy atom. The van der Waals surface area contributed by atoms with Gasteiger partial charge in [-0.1, -0.05) is 65.0 Å². The first-order chi connectivity index (χ1) is 8.89. The Balaban J connectivity index is 1.85. The van der Waals surface area contributed by atoms with Gasteiger partial charge in [-0.3, -0.25) is 0 Å². The van der Waals surface area contributed by atoms with Gasteiger partial charge in [0.25, 0.3) is 0 Å². The minimum Gasteiger partial charge on any atom is -0.313 e. The van der Waals surface area contributed by atoms with Crippen molar-refractivity contribution in [3.63, 3.8) is 0 Å². The standard InChI is InChI=1S/C18H29N/c1-6-15(12-14-10-8-7-9-11-14)19-13-16-17(2,3)18(16,4)5/h7-11,15-16,19H,6,12-13H2,1-5H3. The Morgan fingerprint density at radius 1 is 1.05 bits per heavy atom. The molecule has 19 heavy (non-hydrogen) atoms. The number of benzene rings is 1. The Kier molecular flexibility index (Phi) is 4.06. The molecular weight excluding hydrogens is 230 g/mol. The summed E-state index contributed by atoms with van der Waals surface area (Å²) in [4.78, 5) is 0. The molecule has 1 nitrogen and oxygen atoms in total. The quantitative estimate of drug-likeness (QED) is 0.804. The molecule has 1 aliphatic rings. The molecule has 1 fully saturated rings. The molecular formula is C18H29N. The summed E-state index contributed by atoms with van der Waals surface area (Å²) >= 11 is 0. The number of rotatable bonds is 6. The topological polar surface area (TPSA) is 12.0 Å². The van der Waals surface area contributed by atoms with E-state index in [0.29, 0.717) is 16.9 Å². The second-order valence-corrected chi connectivity index (χ2v) is 7.20. The predicted octanol–water partition coefficient (Wildman–Crippen LogP) is 4.28. The molecule has 0 bridgehead atoms. The number of hydrogen-bond donors (Lipinski definition) is 1. The van der Waals surface area contributed by atoms with Crippen LogP contribution in [0.1, 0.15) is 46.6 Å². The Morgan fingerprint density at radius 2 is 1.63 bits per heavy atom. The molecule has 0 spiro atoms. The molecule has 2 rings (SSSR count). The van der Waals surface area contributed by atoms with E-state index in [-0.39, 0.29) is 0 Å². The van der Waals surface area contributed by atoms with E-state index in [1.54, 1.807) is 0 Å². The van der Waals surface area contributed by atoms with Crippen LogP contribution >= 0.6 is 0 Å². The van der Waals surface area contributed by atoms with Crippen LogP contribution < -0.4 is 5.32 Å². The summed E-state index contributed by atoms with van der Waals surface area (Å²) in [5.74, 6) is 0.810. The number of nitrogens with one attached hydrogen (secondary N) is 1. The first-order valence-electron chi connectivity index (χ1n) is 7.67. The second-order valence-electron chi connectivity index (χ2n) is 7.20. The fraction of sp³-hybridized carbons (Fsp3) is 0.667. The van der Waals surface area contributed by atoms with E-state index in [2.05, 4.69) is 70.3 Å². The van der Waals surface area contributed by atoms with Crippen LogP contribution in [0.5, 0.6) is 0 Å². The summed E-state index contributed by atoms with van der Waals surface area (Å²) in [5, 5.41) is 3.79. The minimum absolute atomic E-state index is 0.491. The average molecular weight is 259 g/mol. The molecule has 0 amide bonds. The molecule has 1 N–H and O–H groups in total. The van der Waals surface area contributed by atoms with Gasteiger partial charge < -0.3 is 5.32 Å². The highest BCUT2D eigenvalue weighted by atomic mass is 14.9.